The highest BCUT2D eigenvalue weighted by molar-refractivity contribution is 7.99. The van der Waals surface area contributed by atoms with Gasteiger partial charge in [0.1, 0.15) is 5.82 Å². The van der Waals surface area contributed by atoms with Crippen molar-refractivity contribution in [1.29, 1.82) is 0 Å². The SMILES string of the molecule is Cc1ccc(-n2nnnc2SCC(=O)N2CCN(S(=O)(=O)c3cccc(F)c3)CC2)cc1. The molecule has 4 rings (SSSR count). The van der Waals surface area contributed by atoms with Crippen LogP contribution >= 0.6 is 11.8 Å². The summed E-state index contributed by atoms with van der Waals surface area (Å²) in [5, 5.41) is 12.2. The van der Waals surface area contributed by atoms with Gasteiger partial charge in [-0.3, -0.25) is 4.79 Å². The monoisotopic (exact) mass is 476 g/mol. The highest BCUT2D eigenvalue weighted by Gasteiger charge is 2.30. The number of thioether (sulfide) groups is 1. The minimum atomic E-state index is -3.80. The molecule has 0 aliphatic carbocycles. The van der Waals surface area contributed by atoms with Crippen molar-refractivity contribution >= 4 is 27.7 Å². The second-order valence-corrected chi connectivity index (χ2v) is 10.1. The van der Waals surface area contributed by atoms with Crippen LogP contribution in [0.2, 0.25) is 0 Å². The van der Waals surface area contributed by atoms with E-state index in [4.69, 9.17) is 0 Å². The zero-order valence-corrected chi connectivity index (χ0v) is 18.9. The normalized spacial score (nSPS) is 15.1. The summed E-state index contributed by atoms with van der Waals surface area (Å²) in [5.41, 5.74) is 1.91. The van der Waals surface area contributed by atoms with Crippen LogP contribution in [0.15, 0.2) is 58.6 Å². The van der Waals surface area contributed by atoms with Gasteiger partial charge >= 0.3 is 0 Å². The van der Waals surface area contributed by atoms with Crippen molar-refractivity contribution in [3.63, 3.8) is 0 Å². The standard InChI is InChI=1S/C20H21FN6O3S2/c1-15-5-7-17(8-6-15)27-20(22-23-24-27)31-14-19(28)25-9-11-26(12-10-25)32(29,30)18-4-2-3-16(21)13-18/h2-8,13H,9-12,14H2,1H3. The second kappa shape index (κ2) is 9.35. The van der Waals surface area contributed by atoms with E-state index >= 15 is 0 Å². The van der Waals surface area contributed by atoms with Gasteiger partial charge in [0, 0.05) is 26.2 Å². The van der Waals surface area contributed by atoms with Gasteiger partial charge in [-0.25, -0.2) is 12.8 Å². The maximum atomic E-state index is 13.4. The Kier molecular flexibility index (Phi) is 6.53. The van der Waals surface area contributed by atoms with Crippen molar-refractivity contribution in [2.24, 2.45) is 0 Å². The van der Waals surface area contributed by atoms with E-state index < -0.39 is 15.8 Å². The third kappa shape index (κ3) is 4.81. The van der Waals surface area contributed by atoms with Gasteiger partial charge in [-0.05, 0) is 47.7 Å². The average molecular weight is 477 g/mol. The predicted octanol–water partition coefficient (Wildman–Crippen LogP) is 1.74. The number of piperazine rings is 1. The van der Waals surface area contributed by atoms with Gasteiger partial charge in [0.05, 0.1) is 16.3 Å². The maximum absolute atomic E-state index is 13.4. The Morgan fingerprint density at radius 3 is 2.50 bits per heavy atom. The number of tetrazole rings is 1. The van der Waals surface area contributed by atoms with Gasteiger partial charge in [0.25, 0.3) is 0 Å². The summed E-state index contributed by atoms with van der Waals surface area (Å²) >= 11 is 1.22. The molecule has 2 aromatic carbocycles. The van der Waals surface area contributed by atoms with E-state index in [1.54, 1.807) is 9.58 Å². The molecule has 0 radical (unpaired) electrons. The van der Waals surface area contributed by atoms with Gasteiger partial charge in [-0.15, -0.1) is 5.10 Å². The van der Waals surface area contributed by atoms with Crippen LogP contribution in [0.3, 0.4) is 0 Å². The average Bonchev–Trinajstić information content (AvgIpc) is 3.26. The van der Waals surface area contributed by atoms with Crippen LogP contribution < -0.4 is 0 Å². The van der Waals surface area contributed by atoms with Crippen LogP contribution in [0.5, 0.6) is 0 Å². The lowest BCUT2D eigenvalue weighted by Gasteiger charge is -2.34. The summed E-state index contributed by atoms with van der Waals surface area (Å²) in [6.45, 7) is 2.81. The number of benzene rings is 2. The Hall–Kier alpha value is -2.83. The first-order valence-corrected chi connectivity index (χ1v) is 12.3. The Bertz CT molecular complexity index is 1210. The summed E-state index contributed by atoms with van der Waals surface area (Å²) in [4.78, 5) is 14.2. The number of rotatable bonds is 6. The van der Waals surface area contributed by atoms with E-state index in [0.29, 0.717) is 5.16 Å². The highest BCUT2D eigenvalue weighted by Crippen LogP contribution is 2.21. The molecule has 1 fully saturated rings. The van der Waals surface area contributed by atoms with Crippen LogP contribution in [0.1, 0.15) is 5.56 Å². The summed E-state index contributed by atoms with van der Waals surface area (Å²) < 4.78 is 41.7. The molecule has 2 heterocycles. The number of hydrogen-bond acceptors (Lipinski definition) is 7. The molecule has 168 valence electrons. The molecule has 12 heteroatoms. The summed E-state index contributed by atoms with van der Waals surface area (Å²) in [5.74, 6) is -0.607. The predicted molar refractivity (Wildman–Crippen MR) is 116 cm³/mol. The topological polar surface area (TPSA) is 101 Å². The first-order chi connectivity index (χ1) is 15.3. The zero-order valence-electron chi connectivity index (χ0n) is 17.3. The third-order valence-electron chi connectivity index (χ3n) is 5.07. The summed E-state index contributed by atoms with van der Waals surface area (Å²) in [7, 11) is -3.80. The maximum Gasteiger partial charge on any atom is 0.243 e. The van der Waals surface area contributed by atoms with Crippen LogP contribution in [-0.4, -0.2) is 75.7 Å². The molecule has 0 N–H and O–H groups in total. The first-order valence-electron chi connectivity index (χ1n) is 9.86. The molecule has 3 aromatic rings. The fourth-order valence-electron chi connectivity index (χ4n) is 3.29. The van der Waals surface area contributed by atoms with E-state index in [1.165, 1.54) is 34.3 Å². The molecule has 9 nitrogen and oxygen atoms in total. The van der Waals surface area contributed by atoms with Gasteiger partial charge in [0.15, 0.2) is 0 Å². The molecule has 0 unspecified atom stereocenters. The molecule has 1 aliphatic rings. The Balaban J connectivity index is 1.34. The number of sulfonamides is 1. The minimum Gasteiger partial charge on any atom is -0.339 e. The van der Waals surface area contributed by atoms with Crippen molar-refractivity contribution < 1.29 is 17.6 Å². The van der Waals surface area contributed by atoms with Crippen LogP contribution in [0, 0.1) is 12.7 Å². The minimum absolute atomic E-state index is 0.0872. The lowest BCUT2D eigenvalue weighted by molar-refractivity contribution is -0.129. The number of aromatic nitrogens is 4. The highest BCUT2D eigenvalue weighted by atomic mass is 32.2. The van der Waals surface area contributed by atoms with Crippen LogP contribution in [-0.2, 0) is 14.8 Å². The van der Waals surface area contributed by atoms with E-state index in [1.807, 2.05) is 31.2 Å². The smallest absolute Gasteiger partial charge is 0.243 e. The number of amides is 1. The fraction of sp³-hybridized carbons (Fsp3) is 0.300. The molecule has 0 saturated carbocycles. The van der Waals surface area contributed by atoms with E-state index in [9.17, 15) is 17.6 Å². The number of aryl methyl sites for hydroxylation is 1. The van der Waals surface area contributed by atoms with Crippen molar-refractivity contribution in [2.75, 3.05) is 31.9 Å². The van der Waals surface area contributed by atoms with Gasteiger partial charge in [0.2, 0.25) is 21.1 Å². The lowest BCUT2D eigenvalue weighted by atomic mass is 10.2. The molecular formula is C20H21FN6O3S2. The van der Waals surface area contributed by atoms with Crippen molar-refractivity contribution in [2.45, 2.75) is 17.0 Å². The van der Waals surface area contributed by atoms with Crippen LogP contribution in [0.25, 0.3) is 5.69 Å². The van der Waals surface area contributed by atoms with Crippen molar-refractivity contribution in [3.05, 3.63) is 59.9 Å². The number of hydrogen-bond donors (Lipinski definition) is 0. The molecular weight excluding hydrogens is 455 g/mol. The zero-order chi connectivity index (χ0) is 22.7. The number of carbonyl (C=O) groups excluding carboxylic acids is 1. The third-order valence-corrected chi connectivity index (χ3v) is 7.87. The number of halogens is 1. The van der Waals surface area contributed by atoms with Gasteiger partial charge < -0.3 is 4.90 Å². The number of carbonyl (C=O) groups is 1. The molecule has 0 bridgehead atoms. The van der Waals surface area contributed by atoms with E-state index in [0.717, 1.165) is 17.3 Å². The summed E-state index contributed by atoms with van der Waals surface area (Å²) in [6, 6.07) is 12.6. The molecule has 1 aromatic heterocycles. The Morgan fingerprint density at radius 1 is 1.09 bits per heavy atom. The van der Waals surface area contributed by atoms with Gasteiger partial charge in [-0.2, -0.15) is 8.99 Å². The lowest BCUT2D eigenvalue weighted by Crippen LogP contribution is -2.51. The summed E-state index contributed by atoms with van der Waals surface area (Å²) in [6.07, 6.45) is 0. The second-order valence-electron chi connectivity index (χ2n) is 7.24. The molecule has 0 atom stereocenters. The van der Waals surface area contributed by atoms with E-state index in [-0.39, 0.29) is 42.7 Å². The van der Waals surface area contributed by atoms with Crippen LogP contribution in [0.4, 0.5) is 4.39 Å². The van der Waals surface area contributed by atoms with Gasteiger partial charge in [-0.1, -0.05) is 35.5 Å². The largest absolute Gasteiger partial charge is 0.339 e. The number of nitrogens with zero attached hydrogens (tertiary/aromatic N) is 6. The molecule has 1 amide bonds. The molecule has 32 heavy (non-hydrogen) atoms. The van der Waals surface area contributed by atoms with Crippen molar-refractivity contribution in [3.8, 4) is 5.69 Å². The molecule has 1 saturated heterocycles. The Morgan fingerprint density at radius 2 is 1.81 bits per heavy atom. The fourth-order valence-corrected chi connectivity index (χ4v) is 5.54. The first kappa shape index (κ1) is 22.4. The molecule has 1 aliphatic heterocycles. The van der Waals surface area contributed by atoms with E-state index in [2.05, 4.69) is 15.5 Å². The quantitative estimate of drug-likeness (QED) is 0.500. The molecule has 0 spiro atoms. The van der Waals surface area contributed by atoms with Crippen molar-refractivity contribution in [1.82, 2.24) is 29.4 Å². The Labute approximate surface area is 189 Å².